The molecule has 1 N–H and O–H groups in total. The lowest BCUT2D eigenvalue weighted by Crippen LogP contribution is -2.28. The van der Waals surface area contributed by atoms with Crippen molar-refractivity contribution >= 4 is 5.91 Å². The predicted octanol–water partition coefficient (Wildman–Crippen LogP) is 3.83. The molecule has 0 aliphatic carbocycles. The second-order valence-corrected chi connectivity index (χ2v) is 6.52. The van der Waals surface area contributed by atoms with Gasteiger partial charge in [0.25, 0.3) is 5.91 Å². The van der Waals surface area contributed by atoms with Crippen molar-refractivity contribution in [2.24, 2.45) is 0 Å². The molecular weight excluding hydrogens is 391 g/mol. The summed E-state index contributed by atoms with van der Waals surface area (Å²) >= 11 is 0. The Hall–Kier alpha value is -3.55. The Labute approximate surface area is 173 Å². The zero-order valence-electron chi connectivity index (χ0n) is 17.0. The van der Waals surface area contributed by atoms with E-state index < -0.39 is 0 Å². The Kier molecular flexibility index (Phi) is 6.90. The maximum atomic E-state index is 13.1. The fraction of sp³-hybridized carbons (Fsp3) is 0.273. The Morgan fingerprint density at radius 3 is 2.67 bits per heavy atom. The van der Waals surface area contributed by atoms with E-state index in [0.717, 1.165) is 11.3 Å². The highest BCUT2D eigenvalue weighted by Gasteiger charge is 2.14. The smallest absolute Gasteiger partial charge is 0.251 e. The van der Waals surface area contributed by atoms with Crippen LogP contribution in [0, 0.1) is 19.7 Å². The number of rotatable bonds is 9. The number of aryl methyl sites for hydroxylation is 2. The van der Waals surface area contributed by atoms with Crippen LogP contribution in [-0.2, 0) is 6.61 Å². The molecule has 0 spiro atoms. The Balaban J connectivity index is 1.54. The number of carbonyl (C=O) groups excluding carboxylic acids is 1. The maximum Gasteiger partial charge on any atom is 0.251 e. The largest absolute Gasteiger partial charge is 0.493 e. The molecule has 1 amide bonds. The van der Waals surface area contributed by atoms with Gasteiger partial charge in [0.15, 0.2) is 11.5 Å². The molecule has 8 heteroatoms. The summed E-state index contributed by atoms with van der Waals surface area (Å²) in [6, 6.07) is 10.8. The highest BCUT2D eigenvalue weighted by atomic mass is 19.1. The minimum absolute atomic E-state index is 0.213. The molecule has 0 radical (unpaired) electrons. The van der Waals surface area contributed by atoms with E-state index in [2.05, 4.69) is 10.5 Å². The van der Waals surface area contributed by atoms with Crippen LogP contribution in [0.4, 0.5) is 4.39 Å². The molecule has 0 saturated heterocycles. The van der Waals surface area contributed by atoms with Gasteiger partial charge in [-0.15, -0.1) is 0 Å². The maximum absolute atomic E-state index is 13.1. The van der Waals surface area contributed by atoms with Gasteiger partial charge in [0.2, 0.25) is 0 Å². The number of nitrogens with one attached hydrogen (secondary N) is 1. The average Bonchev–Trinajstić information content (AvgIpc) is 3.06. The normalized spacial score (nSPS) is 10.5. The summed E-state index contributed by atoms with van der Waals surface area (Å²) in [6.45, 7) is 4.42. The van der Waals surface area contributed by atoms with Gasteiger partial charge in [0, 0.05) is 11.6 Å². The SMILES string of the molecule is COc1cc(C(=O)NCCOc2cccc(F)c2)ccc1OCc1c(C)noc1C. The number of nitrogens with zero attached hydrogens (tertiary/aromatic N) is 1. The van der Waals surface area contributed by atoms with E-state index in [1.54, 1.807) is 30.3 Å². The van der Waals surface area contributed by atoms with Gasteiger partial charge >= 0.3 is 0 Å². The van der Waals surface area contributed by atoms with Crippen LogP contribution in [0.25, 0.3) is 0 Å². The van der Waals surface area contributed by atoms with Crippen molar-refractivity contribution in [1.29, 1.82) is 0 Å². The van der Waals surface area contributed by atoms with Crippen LogP contribution in [-0.4, -0.2) is 31.3 Å². The van der Waals surface area contributed by atoms with Crippen molar-refractivity contribution in [3.8, 4) is 17.2 Å². The molecule has 1 aromatic heterocycles. The number of benzene rings is 2. The van der Waals surface area contributed by atoms with Gasteiger partial charge in [-0.05, 0) is 44.2 Å². The first-order valence-electron chi connectivity index (χ1n) is 9.37. The molecule has 0 fully saturated rings. The topological polar surface area (TPSA) is 82.8 Å². The fourth-order valence-corrected chi connectivity index (χ4v) is 2.78. The summed E-state index contributed by atoms with van der Waals surface area (Å²) in [5.41, 5.74) is 2.06. The van der Waals surface area contributed by atoms with E-state index in [1.807, 2.05) is 13.8 Å². The molecule has 0 saturated carbocycles. The molecule has 7 nitrogen and oxygen atoms in total. The highest BCUT2D eigenvalue weighted by molar-refractivity contribution is 5.94. The number of ether oxygens (including phenoxy) is 3. The van der Waals surface area contributed by atoms with Crippen LogP contribution in [0.15, 0.2) is 47.0 Å². The molecule has 0 bridgehead atoms. The average molecular weight is 414 g/mol. The summed E-state index contributed by atoms with van der Waals surface area (Å²) in [5.74, 6) is 1.39. The van der Waals surface area contributed by atoms with Crippen molar-refractivity contribution in [2.75, 3.05) is 20.3 Å². The summed E-state index contributed by atoms with van der Waals surface area (Å²) in [4.78, 5) is 12.4. The van der Waals surface area contributed by atoms with Crippen molar-refractivity contribution in [1.82, 2.24) is 10.5 Å². The lowest BCUT2D eigenvalue weighted by Gasteiger charge is -2.12. The summed E-state index contributed by atoms with van der Waals surface area (Å²) in [7, 11) is 1.51. The van der Waals surface area contributed by atoms with E-state index >= 15 is 0 Å². The van der Waals surface area contributed by atoms with Gasteiger partial charge in [0.05, 0.1) is 24.9 Å². The molecule has 0 atom stereocenters. The first-order valence-corrected chi connectivity index (χ1v) is 9.37. The van der Waals surface area contributed by atoms with Gasteiger partial charge in [-0.2, -0.15) is 0 Å². The Morgan fingerprint density at radius 2 is 1.97 bits per heavy atom. The van der Waals surface area contributed by atoms with Gasteiger partial charge in [-0.3, -0.25) is 4.79 Å². The molecule has 1 heterocycles. The quantitative estimate of drug-likeness (QED) is 0.536. The fourth-order valence-electron chi connectivity index (χ4n) is 2.78. The molecule has 0 unspecified atom stereocenters. The lowest BCUT2D eigenvalue weighted by molar-refractivity contribution is 0.0946. The predicted molar refractivity (Wildman–Crippen MR) is 108 cm³/mol. The first kappa shape index (κ1) is 21.2. The number of hydrogen-bond donors (Lipinski definition) is 1. The van der Waals surface area contributed by atoms with Gasteiger partial charge in [-0.25, -0.2) is 4.39 Å². The van der Waals surface area contributed by atoms with Crippen molar-refractivity contribution in [2.45, 2.75) is 20.5 Å². The zero-order valence-corrected chi connectivity index (χ0v) is 17.0. The molecule has 158 valence electrons. The minimum atomic E-state index is -0.375. The first-order chi connectivity index (χ1) is 14.5. The molecule has 3 rings (SSSR count). The minimum Gasteiger partial charge on any atom is -0.493 e. The second kappa shape index (κ2) is 9.78. The van der Waals surface area contributed by atoms with E-state index in [0.29, 0.717) is 28.6 Å². The van der Waals surface area contributed by atoms with Crippen molar-refractivity contribution in [3.63, 3.8) is 0 Å². The van der Waals surface area contributed by atoms with Crippen molar-refractivity contribution in [3.05, 3.63) is 70.9 Å². The molecule has 30 heavy (non-hydrogen) atoms. The van der Waals surface area contributed by atoms with E-state index in [1.165, 1.54) is 19.2 Å². The third kappa shape index (κ3) is 5.28. The summed E-state index contributed by atoms with van der Waals surface area (Å²) < 4.78 is 34.8. The van der Waals surface area contributed by atoms with Crippen LogP contribution >= 0.6 is 0 Å². The van der Waals surface area contributed by atoms with Crippen molar-refractivity contribution < 1.29 is 27.9 Å². The standard InChI is InChI=1S/C22H23FN2O5/c1-14-19(15(2)30-25-14)13-29-20-8-7-16(11-21(20)27-3)22(26)24-9-10-28-18-6-4-5-17(23)12-18/h4-8,11-12H,9-10,13H2,1-3H3,(H,24,26). The number of carbonyl (C=O) groups is 1. The zero-order chi connectivity index (χ0) is 21.5. The summed E-state index contributed by atoms with van der Waals surface area (Å²) in [6.07, 6.45) is 0. The third-order valence-corrected chi connectivity index (χ3v) is 4.43. The van der Waals surface area contributed by atoms with Crippen LogP contribution in [0.3, 0.4) is 0 Å². The van der Waals surface area contributed by atoms with E-state index in [4.69, 9.17) is 18.7 Å². The molecule has 3 aromatic rings. The van der Waals surface area contributed by atoms with Crippen LogP contribution in [0.5, 0.6) is 17.2 Å². The van der Waals surface area contributed by atoms with Crippen LogP contribution in [0.1, 0.15) is 27.4 Å². The number of halogens is 1. The van der Waals surface area contributed by atoms with Gasteiger partial charge in [-0.1, -0.05) is 11.2 Å². The van der Waals surface area contributed by atoms with Gasteiger partial charge < -0.3 is 24.1 Å². The van der Waals surface area contributed by atoms with Gasteiger partial charge in [0.1, 0.15) is 30.5 Å². The number of hydrogen-bond acceptors (Lipinski definition) is 6. The third-order valence-electron chi connectivity index (χ3n) is 4.43. The molecule has 0 aliphatic heterocycles. The molecular formula is C22H23FN2O5. The number of aromatic nitrogens is 1. The van der Waals surface area contributed by atoms with E-state index in [-0.39, 0.29) is 31.5 Å². The number of amides is 1. The Bertz CT molecular complexity index is 999. The monoisotopic (exact) mass is 414 g/mol. The Morgan fingerprint density at radius 1 is 1.13 bits per heavy atom. The lowest BCUT2D eigenvalue weighted by atomic mass is 10.2. The number of methoxy groups -OCH3 is 1. The second-order valence-electron chi connectivity index (χ2n) is 6.52. The summed E-state index contributed by atoms with van der Waals surface area (Å²) in [5, 5.41) is 6.65. The van der Waals surface area contributed by atoms with Crippen LogP contribution in [0.2, 0.25) is 0 Å². The van der Waals surface area contributed by atoms with E-state index in [9.17, 15) is 9.18 Å². The highest BCUT2D eigenvalue weighted by Crippen LogP contribution is 2.29. The molecule has 0 aliphatic rings. The molecule has 2 aromatic carbocycles. The van der Waals surface area contributed by atoms with Crippen LogP contribution < -0.4 is 19.5 Å².